The second-order valence-electron chi connectivity index (χ2n) is 5.66. The van der Waals surface area contributed by atoms with Gasteiger partial charge in [-0.1, -0.05) is 16.8 Å². The normalized spacial score (nSPS) is 11.8. The highest BCUT2D eigenvalue weighted by Gasteiger charge is 2.16. The molecule has 2 aromatic rings. The quantitative estimate of drug-likeness (QED) is 0.500. The Bertz CT molecular complexity index is 841. The first kappa shape index (κ1) is 21.4. The van der Waals surface area contributed by atoms with Crippen LogP contribution in [0.4, 0.5) is 5.69 Å². The zero-order valence-electron chi connectivity index (χ0n) is 16.2. The van der Waals surface area contributed by atoms with Gasteiger partial charge in [-0.2, -0.15) is 0 Å². The van der Waals surface area contributed by atoms with Gasteiger partial charge in [0, 0.05) is 10.6 Å². The van der Waals surface area contributed by atoms with E-state index in [0.29, 0.717) is 34.6 Å². The Kier molecular flexibility index (Phi) is 7.95. The number of hydrogen-bond acceptors (Lipinski definition) is 6. The van der Waals surface area contributed by atoms with Crippen molar-refractivity contribution in [2.75, 3.05) is 26.1 Å². The summed E-state index contributed by atoms with van der Waals surface area (Å²) in [4.78, 5) is 17.6. The predicted octanol–water partition coefficient (Wildman–Crippen LogP) is 4.13. The zero-order valence-corrected chi connectivity index (χ0v) is 16.9. The summed E-state index contributed by atoms with van der Waals surface area (Å²) in [7, 11) is 3.07. The van der Waals surface area contributed by atoms with Crippen molar-refractivity contribution in [2.24, 2.45) is 5.16 Å². The van der Waals surface area contributed by atoms with Crippen molar-refractivity contribution in [3.63, 3.8) is 0 Å². The SMILES string of the molecule is CCOc1ccc(/C=N\O[C@H](C)C(=O)Nc2cc(Cl)ccc2OC)cc1OC. The average Bonchev–Trinajstić information content (AvgIpc) is 2.69. The van der Waals surface area contributed by atoms with Gasteiger partial charge in [-0.3, -0.25) is 4.79 Å². The van der Waals surface area contributed by atoms with Crippen molar-refractivity contribution in [3.05, 3.63) is 47.0 Å². The molecule has 0 heterocycles. The molecule has 0 spiro atoms. The van der Waals surface area contributed by atoms with Gasteiger partial charge < -0.3 is 24.4 Å². The number of carbonyl (C=O) groups is 1. The first-order chi connectivity index (χ1) is 13.5. The number of oxime groups is 1. The van der Waals surface area contributed by atoms with Gasteiger partial charge in [0.25, 0.3) is 5.91 Å². The molecular weight excluding hydrogens is 384 g/mol. The van der Waals surface area contributed by atoms with E-state index >= 15 is 0 Å². The van der Waals surface area contributed by atoms with Gasteiger partial charge in [-0.05, 0) is 50.2 Å². The first-order valence-corrected chi connectivity index (χ1v) is 9.00. The molecule has 0 radical (unpaired) electrons. The van der Waals surface area contributed by atoms with Crippen LogP contribution in [0, 0.1) is 0 Å². The zero-order chi connectivity index (χ0) is 20.5. The van der Waals surface area contributed by atoms with Crippen LogP contribution in [-0.4, -0.2) is 39.1 Å². The van der Waals surface area contributed by atoms with E-state index < -0.39 is 6.10 Å². The molecule has 2 aromatic carbocycles. The van der Waals surface area contributed by atoms with Gasteiger partial charge in [0.05, 0.1) is 32.7 Å². The number of carbonyl (C=O) groups excluding carboxylic acids is 1. The number of rotatable bonds is 9. The van der Waals surface area contributed by atoms with Crippen LogP contribution < -0.4 is 19.5 Å². The fourth-order valence-electron chi connectivity index (χ4n) is 2.28. The standard InChI is InChI=1S/C20H23ClN2O5/c1-5-27-18-8-6-14(10-19(18)26-4)12-22-28-13(2)20(24)23-16-11-15(21)7-9-17(16)25-3/h6-13H,5H2,1-4H3,(H,23,24)/b22-12-/t13-/m1/s1. The van der Waals surface area contributed by atoms with Crippen LogP contribution in [0.25, 0.3) is 0 Å². The maximum Gasteiger partial charge on any atom is 0.268 e. The minimum atomic E-state index is -0.829. The van der Waals surface area contributed by atoms with E-state index in [-0.39, 0.29) is 5.91 Å². The molecule has 8 heteroatoms. The topological polar surface area (TPSA) is 78.4 Å². The van der Waals surface area contributed by atoms with Crippen LogP contribution in [0.1, 0.15) is 19.4 Å². The molecule has 1 amide bonds. The lowest BCUT2D eigenvalue weighted by molar-refractivity contribution is -0.126. The van der Waals surface area contributed by atoms with E-state index in [0.717, 1.165) is 5.56 Å². The van der Waals surface area contributed by atoms with E-state index in [9.17, 15) is 4.79 Å². The summed E-state index contributed by atoms with van der Waals surface area (Å²) >= 11 is 5.96. The molecule has 0 saturated heterocycles. The highest BCUT2D eigenvalue weighted by molar-refractivity contribution is 6.31. The largest absolute Gasteiger partial charge is 0.495 e. The molecule has 7 nitrogen and oxygen atoms in total. The van der Waals surface area contributed by atoms with E-state index in [1.165, 1.54) is 13.3 Å². The summed E-state index contributed by atoms with van der Waals surface area (Å²) in [6.45, 7) is 4.02. The number of hydrogen-bond donors (Lipinski definition) is 1. The number of methoxy groups -OCH3 is 2. The smallest absolute Gasteiger partial charge is 0.268 e. The summed E-state index contributed by atoms with van der Waals surface area (Å²) in [6, 6.07) is 10.3. The molecule has 28 heavy (non-hydrogen) atoms. The third kappa shape index (κ3) is 5.79. The van der Waals surface area contributed by atoms with Gasteiger partial charge in [-0.15, -0.1) is 0 Å². The molecule has 0 saturated carbocycles. The van der Waals surface area contributed by atoms with Crippen LogP contribution in [0.15, 0.2) is 41.6 Å². The van der Waals surface area contributed by atoms with E-state index in [2.05, 4.69) is 10.5 Å². The third-order valence-corrected chi connectivity index (χ3v) is 3.93. The number of anilines is 1. The summed E-state index contributed by atoms with van der Waals surface area (Å²) in [5.41, 5.74) is 1.19. The highest BCUT2D eigenvalue weighted by Crippen LogP contribution is 2.28. The molecule has 0 unspecified atom stereocenters. The molecule has 0 fully saturated rings. The number of nitrogens with zero attached hydrogens (tertiary/aromatic N) is 1. The van der Waals surface area contributed by atoms with Crippen LogP contribution in [0.5, 0.6) is 17.2 Å². The second-order valence-corrected chi connectivity index (χ2v) is 6.10. The van der Waals surface area contributed by atoms with E-state index in [1.54, 1.807) is 44.4 Å². The monoisotopic (exact) mass is 406 g/mol. The summed E-state index contributed by atoms with van der Waals surface area (Å²) in [5, 5.41) is 7.06. The maximum atomic E-state index is 12.3. The van der Waals surface area contributed by atoms with Gasteiger partial charge in [0.1, 0.15) is 5.75 Å². The highest BCUT2D eigenvalue weighted by atomic mass is 35.5. The van der Waals surface area contributed by atoms with Gasteiger partial charge in [0.15, 0.2) is 11.5 Å². The lowest BCUT2D eigenvalue weighted by Crippen LogP contribution is -2.26. The van der Waals surface area contributed by atoms with Crippen molar-refractivity contribution in [2.45, 2.75) is 20.0 Å². The predicted molar refractivity (Wildman–Crippen MR) is 109 cm³/mol. The Morgan fingerprint density at radius 3 is 2.54 bits per heavy atom. The van der Waals surface area contributed by atoms with Crippen molar-refractivity contribution < 1.29 is 23.8 Å². The van der Waals surface area contributed by atoms with Crippen LogP contribution in [0.3, 0.4) is 0 Å². The first-order valence-electron chi connectivity index (χ1n) is 8.63. The molecule has 1 atom stereocenters. The number of nitrogens with one attached hydrogen (secondary N) is 1. The number of halogens is 1. The van der Waals surface area contributed by atoms with Crippen molar-refractivity contribution >= 4 is 29.4 Å². The summed E-state index contributed by atoms with van der Waals surface area (Å²) in [6.07, 6.45) is 0.659. The molecule has 150 valence electrons. The van der Waals surface area contributed by atoms with Crippen LogP contribution in [-0.2, 0) is 9.63 Å². The lowest BCUT2D eigenvalue weighted by atomic mass is 10.2. The van der Waals surface area contributed by atoms with Crippen LogP contribution in [0.2, 0.25) is 5.02 Å². The Morgan fingerprint density at radius 2 is 1.86 bits per heavy atom. The van der Waals surface area contributed by atoms with Gasteiger partial charge in [-0.25, -0.2) is 0 Å². The molecule has 1 N–H and O–H groups in total. The Labute approximate surface area is 169 Å². The minimum Gasteiger partial charge on any atom is -0.495 e. The van der Waals surface area contributed by atoms with E-state index in [1.807, 2.05) is 13.0 Å². The Morgan fingerprint density at radius 1 is 1.14 bits per heavy atom. The number of ether oxygens (including phenoxy) is 3. The summed E-state index contributed by atoms with van der Waals surface area (Å²) < 4.78 is 16.0. The molecule has 2 rings (SSSR count). The summed E-state index contributed by atoms with van der Waals surface area (Å²) in [5.74, 6) is 1.34. The molecule has 0 aliphatic rings. The fraction of sp³-hybridized carbons (Fsp3) is 0.300. The molecular formula is C20H23ClN2O5. The Balaban J connectivity index is 1.98. The molecule has 0 aromatic heterocycles. The number of amides is 1. The maximum absolute atomic E-state index is 12.3. The van der Waals surface area contributed by atoms with E-state index in [4.69, 9.17) is 30.6 Å². The second kappa shape index (κ2) is 10.4. The minimum absolute atomic E-state index is 0.387. The van der Waals surface area contributed by atoms with Crippen molar-refractivity contribution in [1.82, 2.24) is 0 Å². The molecule has 0 aliphatic carbocycles. The lowest BCUT2D eigenvalue weighted by Gasteiger charge is -2.13. The Hall–Kier alpha value is -2.93. The molecule has 0 aliphatic heterocycles. The third-order valence-electron chi connectivity index (χ3n) is 3.70. The number of benzene rings is 2. The fourth-order valence-corrected chi connectivity index (χ4v) is 2.45. The van der Waals surface area contributed by atoms with Crippen molar-refractivity contribution in [1.29, 1.82) is 0 Å². The molecule has 0 bridgehead atoms. The van der Waals surface area contributed by atoms with Crippen molar-refractivity contribution in [3.8, 4) is 17.2 Å². The average molecular weight is 407 g/mol. The van der Waals surface area contributed by atoms with Gasteiger partial charge >= 0.3 is 0 Å². The van der Waals surface area contributed by atoms with Crippen LogP contribution >= 0.6 is 11.6 Å². The van der Waals surface area contributed by atoms with Gasteiger partial charge in [0.2, 0.25) is 6.10 Å².